The zero-order valence-corrected chi connectivity index (χ0v) is 18.9. The normalized spacial score (nSPS) is 12.9. The molecule has 0 aliphatic heterocycles. The lowest BCUT2D eigenvalue weighted by molar-refractivity contribution is -0.124. The predicted octanol–water partition coefficient (Wildman–Crippen LogP) is 4.20. The van der Waals surface area contributed by atoms with E-state index in [9.17, 15) is 14.4 Å². The van der Waals surface area contributed by atoms with Gasteiger partial charge in [-0.2, -0.15) is 0 Å². The van der Waals surface area contributed by atoms with Crippen LogP contribution in [0, 0.1) is 5.41 Å². The predicted molar refractivity (Wildman–Crippen MR) is 120 cm³/mol. The van der Waals surface area contributed by atoms with Crippen molar-refractivity contribution in [1.29, 1.82) is 0 Å². The molecule has 29 heavy (non-hydrogen) atoms. The summed E-state index contributed by atoms with van der Waals surface area (Å²) in [7, 11) is 0. The first-order chi connectivity index (χ1) is 13.5. The lowest BCUT2D eigenvalue weighted by Gasteiger charge is -2.26. The molecular formula is C24H36N2O3. The number of rotatable bonds is 11. The number of carbonyl (C=O) groups is 3. The van der Waals surface area contributed by atoms with Gasteiger partial charge in [0.1, 0.15) is 6.29 Å². The van der Waals surface area contributed by atoms with Gasteiger partial charge in [0.15, 0.2) is 0 Å². The molecule has 0 unspecified atom stereocenters. The van der Waals surface area contributed by atoms with E-state index in [1.54, 1.807) is 0 Å². The van der Waals surface area contributed by atoms with E-state index in [4.69, 9.17) is 0 Å². The van der Waals surface area contributed by atoms with Crippen molar-refractivity contribution in [2.24, 2.45) is 5.41 Å². The van der Waals surface area contributed by atoms with Crippen LogP contribution in [0.3, 0.4) is 0 Å². The van der Waals surface area contributed by atoms with E-state index in [-0.39, 0.29) is 24.4 Å². The second-order valence-electron chi connectivity index (χ2n) is 7.83. The van der Waals surface area contributed by atoms with Crippen LogP contribution < -0.4 is 10.6 Å². The van der Waals surface area contributed by atoms with Crippen LogP contribution in [0.2, 0.25) is 0 Å². The molecule has 160 valence electrons. The largest absolute Gasteiger partial charge is 0.348 e. The molecule has 0 heterocycles. The Labute approximate surface area is 175 Å². The monoisotopic (exact) mass is 400 g/mol. The summed E-state index contributed by atoms with van der Waals surface area (Å²) in [5.41, 5.74) is 4.68. The molecule has 0 aliphatic carbocycles. The van der Waals surface area contributed by atoms with Gasteiger partial charge in [-0.25, -0.2) is 0 Å². The molecule has 5 nitrogen and oxygen atoms in total. The molecule has 0 aromatic rings. The van der Waals surface area contributed by atoms with Crippen molar-refractivity contribution < 1.29 is 14.4 Å². The first-order valence-corrected chi connectivity index (χ1v) is 9.91. The average Bonchev–Trinajstić information content (AvgIpc) is 2.64. The van der Waals surface area contributed by atoms with Crippen molar-refractivity contribution in [2.75, 3.05) is 13.1 Å². The first kappa shape index (κ1) is 26.3. The molecular weight excluding hydrogens is 364 g/mol. The first-order valence-electron chi connectivity index (χ1n) is 9.91. The van der Waals surface area contributed by atoms with Crippen molar-refractivity contribution >= 4 is 18.1 Å². The van der Waals surface area contributed by atoms with Gasteiger partial charge in [0.05, 0.1) is 13.1 Å². The molecule has 0 atom stereocenters. The summed E-state index contributed by atoms with van der Waals surface area (Å²) in [5, 5.41) is 4.83. The smallest absolute Gasteiger partial charge is 0.244 e. The van der Waals surface area contributed by atoms with Crippen LogP contribution in [0.1, 0.15) is 54.9 Å². The van der Waals surface area contributed by atoms with Gasteiger partial charge in [-0.3, -0.25) is 9.59 Å². The minimum Gasteiger partial charge on any atom is -0.348 e. The minimum atomic E-state index is -0.403. The Bertz CT molecular complexity index is 731. The Morgan fingerprint density at radius 3 is 2.14 bits per heavy atom. The van der Waals surface area contributed by atoms with Crippen molar-refractivity contribution in [3.63, 3.8) is 0 Å². The zero-order chi connectivity index (χ0) is 22.4. The van der Waals surface area contributed by atoms with Gasteiger partial charge < -0.3 is 15.4 Å². The van der Waals surface area contributed by atoms with Crippen LogP contribution in [-0.4, -0.2) is 31.2 Å². The fourth-order valence-electron chi connectivity index (χ4n) is 2.57. The number of aldehydes is 1. The fourth-order valence-corrected chi connectivity index (χ4v) is 2.57. The number of nitrogens with one attached hydrogen (secondary N) is 2. The summed E-state index contributed by atoms with van der Waals surface area (Å²) in [6, 6.07) is 0. The van der Waals surface area contributed by atoms with Crippen molar-refractivity contribution in [3.05, 3.63) is 58.7 Å². The Kier molecular flexibility index (Phi) is 12.2. The van der Waals surface area contributed by atoms with Crippen LogP contribution in [0.5, 0.6) is 0 Å². The molecule has 2 amide bonds. The highest BCUT2D eigenvalue weighted by Crippen LogP contribution is 2.33. The zero-order valence-electron chi connectivity index (χ0n) is 18.9. The lowest BCUT2D eigenvalue weighted by atomic mass is 9.79. The van der Waals surface area contributed by atoms with Crippen LogP contribution in [0.25, 0.3) is 0 Å². The molecule has 0 aliphatic rings. The van der Waals surface area contributed by atoms with Gasteiger partial charge in [0.25, 0.3) is 0 Å². The van der Waals surface area contributed by atoms with Crippen LogP contribution in [-0.2, 0) is 14.4 Å². The number of hydrogen-bond donors (Lipinski definition) is 2. The minimum absolute atomic E-state index is 0.0580. The molecule has 0 fully saturated rings. The maximum absolute atomic E-state index is 11.8. The highest BCUT2D eigenvalue weighted by atomic mass is 16.2. The maximum atomic E-state index is 11.8. The Balaban J connectivity index is 4.85. The molecule has 0 aromatic carbocycles. The van der Waals surface area contributed by atoms with E-state index in [2.05, 4.69) is 57.4 Å². The summed E-state index contributed by atoms with van der Waals surface area (Å²) in [6.45, 7) is 14.6. The summed E-state index contributed by atoms with van der Waals surface area (Å²) in [6.07, 6.45) is 13.1. The van der Waals surface area contributed by atoms with E-state index < -0.39 is 5.91 Å². The summed E-state index contributed by atoms with van der Waals surface area (Å²) < 4.78 is 0. The number of allylic oxidation sites excluding steroid dienone is 9. The lowest BCUT2D eigenvalue weighted by Crippen LogP contribution is -2.37. The maximum Gasteiger partial charge on any atom is 0.244 e. The number of amides is 2. The number of hydrogen-bond acceptors (Lipinski definition) is 3. The molecule has 0 aromatic heterocycles. The Morgan fingerprint density at radius 2 is 1.59 bits per heavy atom. The molecule has 0 bridgehead atoms. The van der Waals surface area contributed by atoms with Crippen LogP contribution in [0.15, 0.2) is 58.7 Å². The van der Waals surface area contributed by atoms with Crippen LogP contribution in [0.4, 0.5) is 0 Å². The third-order valence-electron chi connectivity index (χ3n) is 4.55. The van der Waals surface area contributed by atoms with Gasteiger partial charge in [-0.1, -0.05) is 62.3 Å². The molecule has 0 saturated heterocycles. The SMILES string of the molecule is CCC(C)(C)C(/C=C/C(C)=C/C=C/C(C)=C/C(=O)NCC(=O)NCC=O)=C(C)C. The Morgan fingerprint density at radius 1 is 0.931 bits per heavy atom. The fraction of sp³-hybridized carbons (Fsp3) is 0.458. The van der Waals surface area contributed by atoms with E-state index >= 15 is 0 Å². The van der Waals surface area contributed by atoms with E-state index in [1.807, 2.05) is 32.1 Å². The van der Waals surface area contributed by atoms with Gasteiger partial charge >= 0.3 is 0 Å². The molecule has 0 saturated carbocycles. The Hall–Kier alpha value is -2.69. The van der Waals surface area contributed by atoms with E-state index in [0.29, 0.717) is 6.29 Å². The molecule has 5 heteroatoms. The number of carbonyl (C=O) groups excluding carboxylic acids is 3. The highest BCUT2D eigenvalue weighted by Gasteiger charge is 2.19. The van der Waals surface area contributed by atoms with Gasteiger partial charge in [-0.15, -0.1) is 0 Å². The molecule has 0 radical (unpaired) electrons. The topological polar surface area (TPSA) is 75.3 Å². The second kappa shape index (κ2) is 13.5. The standard InChI is InChI=1S/C24H36N2O3/c1-8-24(6,7)21(18(2)3)13-12-19(4)10-9-11-20(5)16-22(28)26-17-23(29)25-14-15-27/h9-13,15-16H,8,14,17H2,1-7H3,(H,25,29)(H,26,28)/b11-9+,13-12+,19-10+,20-16+. The second-order valence-corrected chi connectivity index (χ2v) is 7.83. The van der Waals surface area contributed by atoms with Gasteiger partial charge in [-0.05, 0) is 50.7 Å². The van der Waals surface area contributed by atoms with Crippen LogP contribution >= 0.6 is 0 Å². The van der Waals surface area contributed by atoms with Gasteiger partial charge in [0.2, 0.25) is 11.8 Å². The quantitative estimate of drug-likeness (QED) is 0.310. The summed E-state index contributed by atoms with van der Waals surface area (Å²) in [4.78, 5) is 33.3. The molecule has 0 spiro atoms. The van der Waals surface area contributed by atoms with Crippen molar-refractivity contribution in [2.45, 2.75) is 54.9 Å². The van der Waals surface area contributed by atoms with Gasteiger partial charge in [0, 0.05) is 6.08 Å². The van der Waals surface area contributed by atoms with Crippen molar-refractivity contribution in [3.8, 4) is 0 Å². The third kappa shape index (κ3) is 11.7. The highest BCUT2D eigenvalue weighted by molar-refractivity contribution is 5.92. The average molecular weight is 401 g/mol. The molecule has 0 rings (SSSR count). The van der Waals surface area contributed by atoms with Crippen molar-refractivity contribution in [1.82, 2.24) is 10.6 Å². The summed E-state index contributed by atoms with van der Waals surface area (Å²) in [5.74, 6) is -0.761. The third-order valence-corrected chi connectivity index (χ3v) is 4.55. The van der Waals surface area contributed by atoms with E-state index in [1.165, 1.54) is 17.2 Å². The molecule has 2 N–H and O–H groups in total. The van der Waals surface area contributed by atoms with E-state index in [0.717, 1.165) is 17.6 Å². The summed E-state index contributed by atoms with van der Waals surface area (Å²) >= 11 is 0.